The molecule has 0 bridgehead atoms. The third kappa shape index (κ3) is 3.27. The molecule has 0 saturated carbocycles. The molecule has 3 heteroatoms. The fraction of sp³-hybridized carbons (Fsp3) is 0.273. The highest BCUT2D eigenvalue weighted by molar-refractivity contribution is 6.14. The maximum Gasteiger partial charge on any atom is 0.259 e. The van der Waals surface area contributed by atoms with Crippen LogP contribution in [0.25, 0.3) is 10.9 Å². The molecular formula is C22H24N2O. The number of carbonyl (C=O) groups is 1. The molecule has 3 nitrogen and oxygen atoms in total. The molecule has 0 unspecified atom stereocenters. The van der Waals surface area contributed by atoms with Crippen LogP contribution in [0.3, 0.4) is 0 Å². The zero-order valence-electron chi connectivity index (χ0n) is 15.6. The number of hydrogen-bond donors (Lipinski definition) is 0. The molecule has 0 aliphatic carbocycles. The van der Waals surface area contributed by atoms with E-state index < -0.39 is 0 Å². The van der Waals surface area contributed by atoms with Crippen molar-refractivity contribution in [2.24, 2.45) is 0 Å². The number of hydrogen-bond acceptors (Lipinski definition) is 2. The van der Waals surface area contributed by atoms with Gasteiger partial charge in [0.15, 0.2) is 0 Å². The van der Waals surface area contributed by atoms with Crippen molar-refractivity contribution < 1.29 is 4.79 Å². The Kier molecular flexibility index (Phi) is 4.58. The van der Waals surface area contributed by atoms with E-state index in [1.807, 2.05) is 56.9 Å². The fourth-order valence-electron chi connectivity index (χ4n) is 3.23. The molecule has 1 aromatic heterocycles. The van der Waals surface area contributed by atoms with Gasteiger partial charge in [0.2, 0.25) is 0 Å². The third-order valence-corrected chi connectivity index (χ3v) is 4.54. The van der Waals surface area contributed by atoms with Crippen LogP contribution in [0.2, 0.25) is 0 Å². The molecule has 0 atom stereocenters. The van der Waals surface area contributed by atoms with Gasteiger partial charge in [0, 0.05) is 23.3 Å². The lowest BCUT2D eigenvalue weighted by atomic mass is 10.0. The van der Waals surface area contributed by atoms with Gasteiger partial charge in [-0.2, -0.15) is 0 Å². The molecule has 128 valence electrons. The molecule has 3 aromatic rings. The fourth-order valence-corrected chi connectivity index (χ4v) is 3.23. The minimum absolute atomic E-state index is 0.0253. The average Bonchev–Trinajstić information content (AvgIpc) is 2.58. The second-order valence-corrected chi connectivity index (χ2v) is 6.67. The molecule has 0 aliphatic heterocycles. The van der Waals surface area contributed by atoms with E-state index in [1.54, 1.807) is 0 Å². The molecular weight excluding hydrogens is 308 g/mol. The van der Waals surface area contributed by atoms with Crippen LogP contribution in [0.4, 0.5) is 5.69 Å². The Labute approximate surface area is 149 Å². The van der Waals surface area contributed by atoms with Crippen LogP contribution in [-0.4, -0.2) is 17.4 Å². The predicted octanol–water partition coefficient (Wildman–Crippen LogP) is 5.14. The first-order valence-electron chi connectivity index (χ1n) is 8.68. The lowest BCUT2D eigenvalue weighted by molar-refractivity contribution is 0.0989. The number of benzene rings is 2. The molecule has 0 aliphatic rings. The maximum atomic E-state index is 13.4. The Morgan fingerprint density at radius 3 is 2.36 bits per heavy atom. The SMILES string of the molecule is CCN(C(=O)c1cc(C)nc2ccc(C)cc12)c1cc(C)ccc1C. The Balaban J connectivity index is 2.17. The van der Waals surface area contributed by atoms with Crippen molar-refractivity contribution in [1.82, 2.24) is 4.98 Å². The topological polar surface area (TPSA) is 33.2 Å². The van der Waals surface area contributed by atoms with Crippen molar-refractivity contribution in [1.29, 1.82) is 0 Å². The highest BCUT2D eigenvalue weighted by atomic mass is 16.2. The summed E-state index contributed by atoms with van der Waals surface area (Å²) in [5.41, 5.74) is 6.80. The second kappa shape index (κ2) is 6.67. The molecule has 0 fully saturated rings. The van der Waals surface area contributed by atoms with E-state index in [1.165, 1.54) is 0 Å². The number of anilines is 1. The van der Waals surface area contributed by atoms with Gasteiger partial charge in [0.05, 0.1) is 11.1 Å². The van der Waals surface area contributed by atoms with Crippen LogP contribution < -0.4 is 4.90 Å². The standard InChI is InChI=1S/C22H24N2O/c1-6-24(21-12-15(3)7-9-16(21)4)22(25)19-13-17(5)23-20-10-8-14(2)11-18(19)20/h7-13H,6H2,1-5H3. The molecule has 3 rings (SSSR count). The van der Waals surface area contributed by atoms with E-state index in [0.29, 0.717) is 12.1 Å². The Hall–Kier alpha value is -2.68. The van der Waals surface area contributed by atoms with Crippen LogP contribution in [0.5, 0.6) is 0 Å². The average molecular weight is 332 g/mol. The molecule has 0 saturated heterocycles. The number of aromatic nitrogens is 1. The largest absolute Gasteiger partial charge is 0.308 e. The number of nitrogens with zero attached hydrogens (tertiary/aromatic N) is 2. The van der Waals surface area contributed by atoms with Gasteiger partial charge < -0.3 is 4.90 Å². The van der Waals surface area contributed by atoms with Gasteiger partial charge in [-0.25, -0.2) is 0 Å². The number of aryl methyl sites for hydroxylation is 4. The summed E-state index contributed by atoms with van der Waals surface area (Å²) in [5, 5.41) is 0.916. The van der Waals surface area contributed by atoms with Gasteiger partial charge in [0.25, 0.3) is 5.91 Å². The number of pyridine rings is 1. The summed E-state index contributed by atoms with van der Waals surface area (Å²) in [4.78, 5) is 19.9. The van der Waals surface area contributed by atoms with Gasteiger partial charge in [-0.05, 0) is 70.0 Å². The summed E-state index contributed by atoms with van der Waals surface area (Å²) >= 11 is 0. The van der Waals surface area contributed by atoms with Crippen LogP contribution in [-0.2, 0) is 0 Å². The van der Waals surface area contributed by atoms with Gasteiger partial charge in [-0.1, -0.05) is 23.8 Å². The van der Waals surface area contributed by atoms with Crippen molar-refractivity contribution in [3.05, 3.63) is 70.4 Å². The van der Waals surface area contributed by atoms with E-state index in [2.05, 4.69) is 30.1 Å². The molecule has 25 heavy (non-hydrogen) atoms. The predicted molar refractivity (Wildman–Crippen MR) is 104 cm³/mol. The minimum atomic E-state index is 0.0253. The van der Waals surface area contributed by atoms with Crippen LogP contribution in [0, 0.1) is 27.7 Å². The van der Waals surface area contributed by atoms with Gasteiger partial charge in [0.1, 0.15) is 0 Å². The summed E-state index contributed by atoms with van der Waals surface area (Å²) in [6.07, 6.45) is 0. The van der Waals surface area contributed by atoms with Crippen molar-refractivity contribution in [2.75, 3.05) is 11.4 Å². The number of amides is 1. The molecule has 0 radical (unpaired) electrons. The summed E-state index contributed by atoms with van der Waals surface area (Å²) in [6.45, 7) is 10.7. The van der Waals surface area contributed by atoms with E-state index in [0.717, 1.165) is 39.0 Å². The van der Waals surface area contributed by atoms with Crippen molar-refractivity contribution >= 4 is 22.5 Å². The summed E-state index contributed by atoms with van der Waals surface area (Å²) in [7, 11) is 0. The van der Waals surface area contributed by atoms with E-state index in [9.17, 15) is 4.79 Å². The van der Waals surface area contributed by atoms with E-state index in [-0.39, 0.29) is 5.91 Å². The Morgan fingerprint density at radius 2 is 1.64 bits per heavy atom. The van der Waals surface area contributed by atoms with Gasteiger partial charge in [-0.15, -0.1) is 0 Å². The summed E-state index contributed by atoms with van der Waals surface area (Å²) in [5.74, 6) is 0.0253. The quantitative estimate of drug-likeness (QED) is 0.666. The molecule has 1 amide bonds. The first kappa shape index (κ1) is 17.2. The summed E-state index contributed by atoms with van der Waals surface area (Å²) in [6, 6.07) is 14.2. The van der Waals surface area contributed by atoms with Crippen LogP contribution in [0.15, 0.2) is 42.5 Å². The smallest absolute Gasteiger partial charge is 0.259 e. The van der Waals surface area contributed by atoms with Crippen molar-refractivity contribution in [3.8, 4) is 0 Å². The van der Waals surface area contributed by atoms with Crippen LogP contribution in [0.1, 0.15) is 39.7 Å². The van der Waals surface area contributed by atoms with Gasteiger partial charge in [-0.3, -0.25) is 9.78 Å². The molecule has 2 aromatic carbocycles. The highest BCUT2D eigenvalue weighted by Gasteiger charge is 2.21. The minimum Gasteiger partial charge on any atom is -0.308 e. The monoisotopic (exact) mass is 332 g/mol. The van der Waals surface area contributed by atoms with E-state index in [4.69, 9.17) is 0 Å². The Morgan fingerprint density at radius 1 is 0.960 bits per heavy atom. The number of fused-ring (bicyclic) bond motifs is 1. The first-order valence-corrected chi connectivity index (χ1v) is 8.68. The van der Waals surface area contributed by atoms with Crippen LogP contribution >= 0.6 is 0 Å². The van der Waals surface area contributed by atoms with Crippen molar-refractivity contribution in [3.63, 3.8) is 0 Å². The lowest BCUT2D eigenvalue weighted by Crippen LogP contribution is -2.31. The molecule has 1 heterocycles. The molecule has 0 N–H and O–H groups in total. The van der Waals surface area contributed by atoms with Crippen molar-refractivity contribution in [2.45, 2.75) is 34.6 Å². The first-order chi connectivity index (χ1) is 11.9. The van der Waals surface area contributed by atoms with Gasteiger partial charge >= 0.3 is 0 Å². The highest BCUT2D eigenvalue weighted by Crippen LogP contribution is 2.27. The van der Waals surface area contributed by atoms with E-state index >= 15 is 0 Å². The zero-order chi connectivity index (χ0) is 18.1. The third-order valence-electron chi connectivity index (χ3n) is 4.54. The maximum absolute atomic E-state index is 13.4. The lowest BCUT2D eigenvalue weighted by Gasteiger charge is -2.24. The molecule has 0 spiro atoms. The normalized spacial score (nSPS) is 10.9. The summed E-state index contributed by atoms with van der Waals surface area (Å²) < 4.78 is 0. The second-order valence-electron chi connectivity index (χ2n) is 6.67. The number of carbonyl (C=O) groups excluding carboxylic acids is 1. The zero-order valence-corrected chi connectivity index (χ0v) is 15.6. The number of rotatable bonds is 3. The Bertz CT molecular complexity index is 960.